The number of aromatic nitrogens is 3. The van der Waals surface area contributed by atoms with Gasteiger partial charge in [-0.1, -0.05) is 12.1 Å². The van der Waals surface area contributed by atoms with Crippen LogP contribution in [0.3, 0.4) is 0 Å². The Morgan fingerprint density at radius 1 is 1.37 bits per heavy atom. The molecule has 0 aliphatic carbocycles. The molecule has 1 aromatic carbocycles. The van der Waals surface area contributed by atoms with Crippen molar-refractivity contribution < 1.29 is 0 Å². The molecule has 5 heteroatoms. The van der Waals surface area contributed by atoms with Gasteiger partial charge in [-0.25, -0.2) is 9.97 Å². The van der Waals surface area contributed by atoms with E-state index < -0.39 is 0 Å². The van der Waals surface area contributed by atoms with Crippen LogP contribution in [-0.2, 0) is 18.8 Å². The average Bonchev–Trinajstić information content (AvgIpc) is 3.03. The van der Waals surface area contributed by atoms with Crippen molar-refractivity contribution >= 4 is 34.0 Å². The maximum Gasteiger partial charge on any atom is 0.124 e. The Morgan fingerprint density at radius 2 is 2.26 bits per heavy atom. The van der Waals surface area contributed by atoms with Crippen LogP contribution in [0.4, 0.5) is 0 Å². The van der Waals surface area contributed by atoms with E-state index in [0.717, 1.165) is 29.3 Å². The van der Waals surface area contributed by atoms with E-state index in [0.29, 0.717) is 5.88 Å². The number of aryl methyl sites for hydroxylation is 3. The lowest BCUT2D eigenvalue weighted by molar-refractivity contribution is 0.684. The molecule has 0 fully saturated rings. The van der Waals surface area contributed by atoms with Gasteiger partial charge in [-0.2, -0.15) is 0 Å². The second-order valence-corrected chi connectivity index (χ2v) is 5.68. The third-order valence-corrected chi connectivity index (χ3v) is 4.28. The van der Waals surface area contributed by atoms with Gasteiger partial charge in [0.05, 0.1) is 21.9 Å². The molecule has 0 unspecified atom stereocenters. The van der Waals surface area contributed by atoms with Gasteiger partial charge in [0.2, 0.25) is 0 Å². The largest absolute Gasteiger partial charge is 0.326 e. The highest BCUT2D eigenvalue weighted by molar-refractivity contribution is 7.09. The normalized spacial score (nSPS) is 11.3. The number of nitrogens with zero attached hydrogens (tertiary/aromatic N) is 3. The molecule has 0 N–H and O–H groups in total. The van der Waals surface area contributed by atoms with E-state index in [1.807, 2.05) is 23.7 Å². The Labute approximate surface area is 120 Å². The highest BCUT2D eigenvalue weighted by Crippen LogP contribution is 2.22. The number of benzene rings is 1. The summed E-state index contributed by atoms with van der Waals surface area (Å²) >= 11 is 7.71. The van der Waals surface area contributed by atoms with E-state index in [9.17, 15) is 0 Å². The topological polar surface area (TPSA) is 30.7 Å². The minimum atomic E-state index is 0.436. The van der Waals surface area contributed by atoms with Crippen LogP contribution in [0.2, 0.25) is 0 Å². The zero-order chi connectivity index (χ0) is 13.2. The number of imidazole rings is 1. The molecule has 3 nitrogen and oxygen atoms in total. The lowest BCUT2D eigenvalue weighted by Gasteiger charge is -2.08. The standard InChI is InChI=1S/C14H14ClN3S/c1-10-3-2-4-11-14(10)18(12(9-15)17-11)7-5-13-16-6-8-19-13/h2-4,6,8H,5,7,9H2,1H3. The molecule has 3 rings (SSSR count). The fourth-order valence-electron chi connectivity index (χ4n) is 2.34. The number of para-hydroxylation sites is 1. The van der Waals surface area contributed by atoms with Crippen LogP contribution < -0.4 is 0 Å². The lowest BCUT2D eigenvalue weighted by atomic mass is 10.2. The number of thiazole rings is 1. The van der Waals surface area contributed by atoms with Crippen molar-refractivity contribution in [3.8, 4) is 0 Å². The number of alkyl halides is 1. The molecule has 0 radical (unpaired) electrons. The van der Waals surface area contributed by atoms with Gasteiger partial charge >= 0.3 is 0 Å². The van der Waals surface area contributed by atoms with Crippen molar-refractivity contribution in [2.45, 2.75) is 25.8 Å². The van der Waals surface area contributed by atoms with E-state index in [4.69, 9.17) is 11.6 Å². The van der Waals surface area contributed by atoms with Crippen LogP contribution in [0.5, 0.6) is 0 Å². The fraction of sp³-hybridized carbons (Fsp3) is 0.286. The summed E-state index contributed by atoms with van der Waals surface area (Å²) < 4.78 is 2.22. The molecule has 0 atom stereocenters. The van der Waals surface area contributed by atoms with Crippen LogP contribution >= 0.6 is 22.9 Å². The number of fused-ring (bicyclic) bond motifs is 1. The molecule has 3 aromatic rings. The summed E-state index contributed by atoms with van der Waals surface area (Å²) in [5.74, 6) is 1.37. The molecule has 2 heterocycles. The minimum absolute atomic E-state index is 0.436. The molecular weight excluding hydrogens is 278 g/mol. The van der Waals surface area contributed by atoms with E-state index >= 15 is 0 Å². The molecule has 2 aromatic heterocycles. The van der Waals surface area contributed by atoms with Crippen LogP contribution in [0, 0.1) is 6.92 Å². The Balaban J connectivity index is 2.00. The van der Waals surface area contributed by atoms with E-state index in [1.165, 1.54) is 11.1 Å². The summed E-state index contributed by atoms with van der Waals surface area (Å²) in [5.41, 5.74) is 3.45. The number of rotatable bonds is 4. The number of hydrogen-bond acceptors (Lipinski definition) is 3. The molecular formula is C14H14ClN3S. The maximum atomic E-state index is 6.02. The van der Waals surface area contributed by atoms with Gasteiger partial charge in [0.25, 0.3) is 0 Å². The summed E-state index contributed by atoms with van der Waals surface area (Å²) in [6.45, 7) is 2.98. The smallest absolute Gasteiger partial charge is 0.124 e. The van der Waals surface area contributed by atoms with Crippen molar-refractivity contribution in [1.82, 2.24) is 14.5 Å². The van der Waals surface area contributed by atoms with Gasteiger partial charge in [-0.05, 0) is 18.6 Å². The monoisotopic (exact) mass is 291 g/mol. The highest BCUT2D eigenvalue weighted by Gasteiger charge is 2.11. The maximum absolute atomic E-state index is 6.02. The van der Waals surface area contributed by atoms with Crippen LogP contribution in [0.1, 0.15) is 16.4 Å². The lowest BCUT2D eigenvalue weighted by Crippen LogP contribution is -2.05. The van der Waals surface area contributed by atoms with Crippen LogP contribution in [0.25, 0.3) is 11.0 Å². The molecule has 19 heavy (non-hydrogen) atoms. The number of hydrogen-bond donors (Lipinski definition) is 0. The SMILES string of the molecule is Cc1cccc2nc(CCl)n(CCc3nccs3)c12. The van der Waals surface area contributed by atoms with E-state index in [1.54, 1.807) is 11.3 Å². The van der Waals surface area contributed by atoms with Crippen molar-refractivity contribution in [2.24, 2.45) is 0 Å². The first-order valence-electron chi connectivity index (χ1n) is 6.18. The van der Waals surface area contributed by atoms with Crippen LogP contribution in [0.15, 0.2) is 29.8 Å². The van der Waals surface area contributed by atoms with Gasteiger partial charge in [-0.3, -0.25) is 0 Å². The summed E-state index contributed by atoms with van der Waals surface area (Å²) in [6.07, 6.45) is 2.76. The van der Waals surface area contributed by atoms with Crippen molar-refractivity contribution in [1.29, 1.82) is 0 Å². The second kappa shape index (κ2) is 5.31. The van der Waals surface area contributed by atoms with Gasteiger partial charge in [0.1, 0.15) is 5.82 Å². The van der Waals surface area contributed by atoms with Gasteiger partial charge in [0, 0.05) is 24.5 Å². The predicted octanol–water partition coefficient (Wildman–Crippen LogP) is 3.78. The first kappa shape index (κ1) is 12.6. The molecule has 98 valence electrons. The Kier molecular flexibility index (Phi) is 3.53. The summed E-state index contributed by atoms with van der Waals surface area (Å²) in [5, 5.41) is 3.16. The Morgan fingerprint density at radius 3 is 3.00 bits per heavy atom. The van der Waals surface area contributed by atoms with Crippen molar-refractivity contribution in [2.75, 3.05) is 0 Å². The summed E-state index contributed by atoms with van der Waals surface area (Å²) in [4.78, 5) is 8.93. The predicted molar refractivity (Wildman–Crippen MR) is 79.8 cm³/mol. The molecule has 0 bridgehead atoms. The molecule has 0 aliphatic rings. The fourth-order valence-corrected chi connectivity index (χ4v) is 3.15. The summed E-state index contributed by atoms with van der Waals surface area (Å²) in [7, 11) is 0. The van der Waals surface area contributed by atoms with Gasteiger partial charge < -0.3 is 4.57 Å². The molecule has 0 aliphatic heterocycles. The average molecular weight is 292 g/mol. The van der Waals surface area contributed by atoms with E-state index in [2.05, 4.69) is 27.5 Å². The quantitative estimate of drug-likeness (QED) is 0.685. The first-order valence-corrected chi connectivity index (χ1v) is 7.60. The minimum Gasteiger partial charge on any atom is -0.326 e. The zero-order valence-electron chi connectivity index (χ0n) is 10.6. The van der Waals surface area contributed by atoms with E-state index in [-0.39, 0.29) is 0 Å². The zero-order valence-corrected chi connectivity index (χ0v) is 12.2. The Hall–Kier alpha value is -1.39. The van der Waals surface area contributed by atoms with Crippen molar-refractivity contribution in [3.63, 3.8) is 0 Å². The van der Waals surface area contributed by atoms with Gasteiger partial charge in [0.15, 0.2) is 0 Å². The Bertz CT molecular complexity index is 688. The molecule has 0 amide bonds. The first-order chi connectivity index (χ1) is 9.29. The molecule has 0 saturated heterocycles. The van der Waals surface area contributed by atoms with Crippen molar-refractivity contribution in [3.05, 3.63) is 46.2 Å². The third kappa shape index (κ3) is 2.38. The van der Waals surface area contributed by atoms with Crippen LogP contribution in [-0.4, -0.2) is 14.5 Å². The molecule has 0 saturated carbocycles. The van der Waals surface area contributed by atoms with Gasteiger partial charge in [-0.15, -0.1) is 22.9 Å². The third-order valence-electron chi connectivity index (χ3n) is 3.20. The molecule has 0 spiro atoms. The summed E-state index contributed by atoms with van der Waals surface area (Å²) in [6, 6.07) is 6.19. The highest BCUT2D eigenvalue weighted by atomic mass is 35.5. The number of halogens is 1. The second-order valence-electron chi connectivity index (χ2n) is 4.43.